The summed E-state index contributed by atoms with van der Waals surface area (Å²) in [6.07, 6.45) is 5.75. The number of hydrogen-bond donors (Lipinski definition) is 1. The van der Waals surface area contributed by atoms with Crippen LogP contribution in [0.3, 0.4) is 0 Å². The number of aliphatic hydroxyl groups is 1. The van der Waals surface area contributed by atoms with Crippen LogP contribution in [0.2, 0.25) is 0 Å². The zero-order valence-corrected chi connectivity index (χ0v) is 12.8. The minimum atomic E-state index is -0.336. The topological polar surface area (TPSA) is 40.5 Å². The van der Waals surface area contributed by atoms with Crippen LogP contribution in [0.1, 0.15) is 56.1 Å². The quantitative estimate of drug-likeness (QED) is 0.928. The maximum absolute atomic E-state index is 12.9. The Hall–Kier alpha value is -1.35. The van der Waals surface area contributed by atoms with E-state index < -0.39 is 0 Å². The lowest BCUT2D eigenvalue weighted by molar-refractivity contribution is -0.136. The third kappa shape index (κ3) is 2.98. The minimum Gasteiger partial charge on any atom is -0.393 e. The summed E-state index contributed by atoms with van der Waals surface area (Å²) in [6.45, 7) is 2.68. The first-order valence-electron chi connectivity index (χ1n) is 8.23. The van der Waals surface area contributed by atoms with Crippen molar-refractivity contribution in [2.75, 3.05) is 6.54 Å². The van der Waals surface area contributed by atoms with Crippen LogP contribution in [0.4, 0.5) is 0 Å². The molecular weight excluding hydrogens is 262 g/mol. The van der Waals surface area contributed by atoms with Gasteiger partial charge in [-0.3, -0.25) is 4.79 Å². The van der Waals surface area contributed by atoms with E-state index in [9.17, 15) is 9.90 Å². The first-order valence-corrected chi connectivity index (χ1v) is 8.23. The Labute approximate surface area is 127 Å². The van der Waals surface area contributed by atoms with Crippen molar-refractivity contribution in [1.82, 2.24) is 4.90 Å². The number of hydrogen-bond acceptors (Lipinski definition) is 2. The molecule has 1 aliphatic heterocycles. The first-order chi connectivity index (χ1) is 10.2. The van der Waals surface area contributed by atoms with Crippen molar-refractivity contribution in [2.24, 2.45) is 0 Å². The molecule has 21 heavy (non-hydrogen) atoms. The van der Waals surface area contributed by atoms with E-state index in [-0.39, 0.29) is 24.0 Å². The summed E-state index contributed by atoms with van der Waals surface area (Å²) in [5.41, 5.74) is 2.53. The molecule has 0 radical (unpaired) electrons. The molecule has 1 amide bonds. The van der Waals surface area contributed by atoms with Gasteiger partial charge >= 0.3 is 0 Å². The van der Waals surface area contributed by atoms with Crippen molar-refractivity contribution < 1.29 is 9.90 Å². The van der Waals surface area contributed by atoms with Gasteiger partial charge in [-0.15, -0.1) is 0 Å². The summed E-state index contributed by atoms with van der Waals surface area (Å²) in [5, 5.41) is 9.73. The van der Waals surface area contributed by atoms with Crippen LogP contribution in [-0.2, 0) is 11.2 Å². The van der Waals surface area contributed by atoms with Crippen molar-refractivity contribution in [3.8, 4) is 0 Å². The molecule has 1 N–H and O–H groups in total. The molecule has 1 aliphatic carbocycles. The molecule has 0 bridgehead atoms. The molecule has 1 aromatic rings. The summed E-state index contributed by atoms with van der Waals surface area (Å²) in [5.74, 6) is 0.331. The number of likely N-dealkylation sites (tertiary alicyclic amines) is 1. The summed E-state index contributed by atoms with van der Waals surface area (Å²) >= 11 is 0. The van der Waals surface area contributed by atoms with Crippen LogP contribution in [0, 0.1) is 0 Å². The molecular formula is C18H25NO2. The number of nitrogens with zero attached hydrogens (tertiary/aromatic N) is 1. The maximum Gasteiger partial charge on any atom is 0.230 e. The van der Waals surface area contributed by atoms with Crippen LogP contribution < -0.4 is 0 Å². The van der Waals surface area contributed by atoms with Crippen molar-refractivity contribution in [3.63, 3.8) is 0 Å². The van der Waals surface area contributed by atoms with E-state index in [0.717, 1.165) is 25.8 Å². The van der Waals surface area contributed by atoms with Crippen LogP contribution in [0.5, 0.6) is 0 Å². The van der Waals surface area contributed by atoms with Crippen molar-refractivity contribution in [3.05, 3.63) is 35.4 Å². The van der Waals surface area contributed by atoms with Gasteiger partial charge in [-0.1, -0.05) is 37.1 Å². The highest BCUT2D eigenvalue weighted by molar-refractivity contribution is 5.87. The van der Waals surface area contributed by atoms with Crippen LogP contribution in [0.15, 0.2) is 24.3 Å². The lowest BCUT2D eigenvalue weighted by Crippen LogP contribution is -2.46. The summed E-state index contributed by atoms with van der Waals surface area (Å²) in [4.78, 5) is 15.0. The Balaban J connectivity index is 1.75. The highest BCUT2D eigenvalue weighted by Gasteiger charge is 2.37. The van der Waals surface area contributed by atoms with Gasteiger partial charge in [0, 0.05) is 12.6 Å². The molecule has 3 heteroatoms. The Morgan fingerprint density at radius 2 is 2.14 bits per heavy atom. The number of rotatable bonds is 3. The molecule has 1 fully saturated rings. The maximum atomic E-state index is 12.9. The average Bonchev–Trinajstić information content (AvgIpc) is 2.65. The van der Waals surface area contributed by atoms with Gasteiger partial charge in [0.05, 0.1) is 12.0 Å². The number of benzene rings is 1. The smallest absolute Gasteiger partial charge is 0.230 e. The monoisotopic (exact) mass is 287 g/mol. The Morgan fingerprint density at radius 1 is 1.33 bits per heavy atom. The molecule has 0 spiro atoms. The Morgan fingerprint density at radius 3 is 2.90 bits per heavy atom. The van der Waals surface area contributed by atoms with Gasteiger partial charge < -0.3 is 10.0 Å². The summed E-state index contributed by atoms with van der Waals surface area (Å²) in [6, 6.07) is 8.49. The predicted octanol–water partition coefficient (Wildman–Crippen LogP) is 2.87. The Kier molecular flexibility index (Phi) is 4.29. The molecule has 114 valence electrons. The second-order valence-electron chi connectivity index (χ2n) is 6.58. The van der Waals surface area contributed by atoms with Gasteiger partial charge in [0.2, 0.25) is 5.91 Å². The van der Waals surface area contributed by atoms with Crippen LogP contribution in [0.25, 0.3) is 0 Å². The molecule has 2 aliphatic rings. The number of fused-ring (bicyclic) bond motifs is 1. The van der Waals surface area contributed by atoms with E-state index in [1.54, 1.807) is 0 Å². The molecule has 3 rings (SSSR count). The summed E-state index contributed by atoms with van der Waals surface area (Å²) < 4.78 is 0. The number of aliphatic hydroxyl groups excluding tert-OH is 1. The van der Waals surface area contributed by atoms with E-state index in [2.05, 4.69) is 17.0 Å². The largest absolute Gasteiger partial charge is 0.393 e. The zero-order chi connectivity index (χ0) is 14.8. The van der Waals surface area contributed by atoms with Gasteiger partial charge in [0.15, 0.2) is 0 Å². The fourth-order valence-corrected chi connectivity index (χ4v) is 3.79. The van der Waals surface area contributed by atoms with Gasteiger partial charge in [0.1, 0.15) is 0 Å². The normalized spacial score (nSPS) is 26.5. The highest BCUT2D eigenvalue weighted by Crippen LogP contribution is 2.37. The van der Waals surface area contributed by atoms with Gasteiger partial charge in [-0.2, -0.15) is 0 Å². The van der Waals surface area contributed by atoms with Crippen LogP contribution in [-0.4, -0.2) is 34.6 Å². The van der Waals surface area contributed by atoms with Gasteiger partial charge in [-0.25, -0.2) is 0 Å². The minimum absolute atomic E-state index is 0.0517. The Bertz CT molecular complexity index is 512. The van der Waals surface area contributed by atoms with E-state index in [1.807, 2.05) is 19.1 Å². The number of carbonyl (C=O) groups is 1. The lowest BCUT2D eigenvalue weighted by atomic mass is 9.76. The predicted molar refractivity (Wildman–Crippen MR) is 83.2 cm³/mol. The fourth-order valence-electron chi connectivity index (χ4n) is 3.79. The standard InChI is InChI=1S/C18H25NO2/c1-13(20)11-15-8-3-2-6-10-19(15)18(21)17-12-14-7-4-5-9-16(14)17/h4-5,7,9,13,15,17,20H,2-3,6,8,10-12H2,1H3. The number of carbonyl (C=O) groups excluding carboxylic acids is 1. The molecule has 3 atom stereocenters. The van der Waals surface area contributed by atoms with E-state index in [4.69, 9.17) is 0 Å². The van der Waals surface area contributed by atoms with E-state index >= 15 is 0 Å². The fraction of sp³-hybridized carbons (Fsp3) is 0.611. The second-order valence-corrected chi connectivity index (χ2v) is 6.58. The number of amides is 1. The van der Waals surface area contributed by atoms with Gasteiger partial charge in [-0.05, 0) is 43.7 Å². The van der Waals surface area contributed by atoms with E-state index in [1.165, 1.54) is 24.0 Å². The van der Waals surface area contributed by atoms with Crippen molar-refractivity contribution >= 4 is 5.91 Å². The second kappa shape index (κ2) is 6.18. The lowest BCUT2D eigenvalue weighted by Gasteiger charge is -2.38. The molecule has 1 aromatic carbocycles. The molecule has 1 saturated heterocycles. The molecule has 3 unspecified atom stereocenters. The third-order valence-corrected chi connectivity index (χ3v) is 4.93. The van der Waals surface area contributed by atoms with Gasteiger partial charge in [0.25, 0.3) is 0 Å². The first kappa shape index (κ1) is 14.6. The van der Waals surface area contributed by atoms with Crippen LogP contribution >= 0.6 is 0 Å². The molecule has 3 nitrogen and oxygen atoms in total. The molecule has 0 saturated carbocycles. The average molecular weight is 287 g/mol. The highest BCUT2D eigenvalue weighted by atomic mass is 16.3. The molecule has 0 aromatic heterocycles. The molecule has 1 heterocycles. The zero-order valence-electron chi connectivity index (χ0n) is 12.8. The summed E-state index contributed by atoms with van der Waals surface area (Å²) in [7, 11) is 0. The third-order valence-electron chi connectivity index (χ3n) is 4.93. The van der Waals surface area contributed by atoms with E-state index in [0.29, 0.717) is 6.42 Å². The van der Waals surface area contributed by atoms with Crippen molar-refractivity contribution in [1.29, 1.82) is 0 Å². The SMILES string of the molecule is CC(O)CC1CCCCCN1C(=O)C1Cc2ccccc21. The van der Waals surface area contributed by atoms with Crippen molar-refractivity contribution in [2.45, 2.75) is 63.5 Å².